The minimum atomic E-state index is -3.08. The van der Waals surface area contributed by atoms with Crippen LogP contribution in [0.5, 0.6) is 0 Å². The van der Waals surface area contributed by atoms with Crippen LogP contribution >= 0.6 is 0 Å². The zero-order valence-corrected chi connectivity index (χ0v) is 10.6. The monoisotopic (exact) mass is 234 g/mol. The number of rotatable bonds is 5. The normalized spacial score (nSPS) is 27.5. The minimum Gasteiger partial charge on any atom is -0.316 e. The largest absolute Gasteiger partial charge is 0.316 e. The van der Waals surface area contributed by atoms with Crippen LogP contribution in [0.2, 0.25) is 0 Å². The fraction of sp³-hybridized carbons (Fsp3) is 1.00. The smallest absolute Gasteiger partial charge is 0.213 e. The van der Waals surface area contributed by atoms with Crippen LogP contribution in [0.4, 0.5) is 0 Å². The van der Waals surface area contributed by atoms with E-state index >= 15 is 0 Å². The van der Waals surface area contributed by atoms with Gasteiger partial charge in [-0.3, -0.25) is 0 Å². The van der Waals surface area contributed by atoms with Crippen molar-refractivity contribution < 1.29 is 8.42 Å². The Balaban J connectivity index is 2.27. The average Bonchev–Trinajstić information content (AvgIpc) is 2.51. The molecule has 0 unspecified atom stereocenters. The van der Waals surface area contributed by atoms with Gasteiger partial charge in [-0.05, 0) is 45.2 Å². The van der Waals surface area contributed by atoms with Gasteiger partial charge in [-0.15, -0.1) is 0 Å². The molecule has 1 saturated heterocycles. The van der Waals surface area contributed by atoms with Crippen molar-refractivity contribution in [1.29, 1.82) is 0 Å². The van der Waals surface area contributed by atoms with E-state index in [0.29, 0.717) is 18.4 Å². The molecule has 1 aliphatic rings. The van der Waals surface area contributed by atoms with E-state index in [1.54, 1.807) is 13.8 Å². The lowest BCUT2D eigenvalue weighted by Crippen LogP contribution is -2.32. The first kappa shape index (κ1) is 12.9. The minimum absolute atomic E-state index is 0.336. The lowest BCUT2D eigenvalue weighted by Gasteiger charge is -2.15. The molecule has 0 radical (unpaired) electrons. The predicted molar refractivity (Wildman–Crippen MR) is 62.2 cm³/mol. The van der Waals surface area contributed by atoms with Gasteiger partial charge in [0.2, 0.25) is 10.0 Å². The molecular weight excluding hydrogens is 212 g/mol. The molecule has 1 fully saturated rings. The summed E-state index contributed by atoms with van der Waals surface area (Å²) in [5.74, 6) is 1.27. The molecule has 0 aromatic rings. The Labute approximate surface area is 92.9 Å². The van der Waals surface area contributed by atoms with Crippen LogP contribution in [0.3, 0.4) is 0 Å². The fourth-order valence-corrected chi connectivity index (χ4v) is 2.54. The Hall–Kier alpha value is -0.130. The number of nitrogens with one attached hydrogen (secondary N) is 2. The number of sulfonamides is 1. The van der Waals surface area contributed by atoms with Crippen molar-refractivity contribution in [2.75, 3.05) is 19.6 Å². The van der Waals surface area contributed by atoms with Crippen LogP contribution in [-0.4, -0.2) is 33.3 Å². The van der Waals surface area contributed by atoms with Gasteiger partial charge in [0.25, 0.3) is 0 Å². The Kier molecular flexibility index (Phi) is 4.55. The van der Waals surface area contributed by atoms with Crippen LogP contribution < -0.4 is 10.0 Å². The highest BCUT2D eigenvalue weighted by atomic mass is 32.2. The SMILES string of the molecule is CC(C)S(=O)(=O)NCC[C@@H]1CNC[C@H]1C. The Morgan fingerprint density at radius 3 is 2.53 bits per heavy atom. The molecule has 90 valence electrons. The first-order valence-electron chi connectivity index (χ1n) is 5.62. The fourth-order valence-electron chi connectivity index (χ4n) is 1.80. The Bertz CT molecular complexity index is 288. The van der Waals surface area contributed by atoms with Crippen molar-refractivity contribution in [3.8, 4) is 0 Å². The van der Waals surface area contributed by atoms with E-state index < -0.39 is 10.0 Å². The van der Waals surface area contributed by atoms with E-state index in [2.05, 4.69) is 17.0 Å². The summed E-state index contributed by atoms with van der Waals surface area (Å²) in [5.41, 5.74) is 0. The Morgan fingerprint density at radius 2 is 2.07 bits per heavy atom. The molecule has 4 nitrogen and oxygen atoms in total. The average molecular weight is 234 g/mol. The third-order valence-electron chi connectivity index (χ3n) is 3.12. The molecule has 2 N–H and O–H groups in total. The van der Waals surface area contributed by atoms with Gasteiger partial charge in [-0.2, -0.15) is 0 Å². The highest BCUT2D eigenvalue weighted by Gasteiger charge is 2.23. The van der Waals surface area contributed by atoms with Crippen molar-refractivity contribution in [2.45, 2.75) is 32.4 Å². The summed E-state index contributed by atoms with van der Waals surface area (Å²) in [6, 6.07) is 0. The summed E-state index contributed by atoms with van der Waals surface area (Å²) in [7, 11) is -3.08. The van der Waals surface area contributed by atoms with E-state index in [-0.39, 0.29) is 5.25 Å². The number of hydrogen-bond acceptors (Lipinski definition) is 3. The predicted octanol–water partition coefficient (Wildman–Crippen LogP) is 0.560. The zero-order chi connectivity index (χ0) is 11.5. The molecule has 0 spiro atoms. The molecule has 0 aliphatic carbocycles. The van der Waals surface area contributed by atoms with Crippen molar-refractivity contribution in [3.05, 3.63) is 0 Å². The van der Waals surface area contributed by atoms with Gasteiger partial charge < -0.3 is 5.32 Å². The zero-order valence-electron chi connectivity index (χ0n) is 9.79. The summed E-state index contributed by atoms with van der Waals surface area (Å²) < 4.78 is 25.6. The highest BCUT2D eigenvalue weighted by molar-refractivity contribution is 7.90. The molecule has 5 heteroatoms. The highest BCUT2D eigenvalue weighted by Crippen LogP contribution is 2.18. The maximum Gasteiger partial charge on any atom is 0.213 e. The molecule has 2 atom stereocenters. The molecule has 1 heterocycles. The molecule has 0 aromatic heterocycles. The number of hydrogen-bond donors (Lipinski definition) is 2. The molecule has 1 rings (SSSR count). The molecule has 0 aromatic carbocycles. The van der Waals surface area contributed by atoms with Gasteiger partial charge in [0.1, 0.15) is 0 Å². The van der Waals surface area contributed by atoms with E-state index in [1.807, 2.05) is 0 Å². The standard InChI is InChI=1S/C10H22N2O2S/c1-8(2)15(13,14)12-5-4-10-7-11-6-9(10)3/h8-12H,4-7H2,1-3H3/t9-,10-/m1/s1. The maximum atomic E-state index is 11.5. The van der Waals surface area contributed by atoms with Crippen molar-refractivity contribution in [2.24, 2.45) is 11.8 Å². The molecule has 15 heavy (non-hydrogen) atoms. The topological polar surface area (TPSA) is 58.2 Å². The van der Waals surface area contributed by atoms with Gasteiger partial charge in [0.05, 0.1) is 5.25 Å². The van der Waals surface area contributed by atoms with Gasteiger partial charge in [-0.1, -0.05) is 6.92 Å². The third-order valence-corrected chi connectivity index (χ3v) is 4.96. The second-order valence-electron chi connectivity index (χ2n) is 4.67. The van der Waals surface area contributed by atoms with Gasteiger partial charge in [0.15, 0.2) is 0 Å². The van der Waals surface area contributed by atoms with Crippen LogP contribution in [-0.2, 0) is 10.0 Å². The van der Waals surface area contributed by atoms with Crippen molar-refractivity contribution in [1.82, 2.24) is 10.0 Å². The Morgan fingerprint density at radius 1 is 1.40 bits per heavy atom. The maximum absolute atomic E-state index is 11.5. The molecule has 0 amide bonds. The van der Waals surface area contributed by atoms with E-state index in [0.717, 1.165) is 19.5 Å². The summed E-state index contributed by atoms with van der Waals surface area (Å²) in [6.45, 7) is 8.25. The molecule has 1 aliphatic heterocycles. The lowest BCUT2D eigenvalue weighted by atomic mass is 9.95. The van der Waals surface area contributed by atoms with Crippen LogP contribution in [0.1, 0.15) is 27.2 Å². The second kappa shape index (κ2) is 5.27. The quantitative estimate of drug-likeness (QED) is 0.731. The summed E-state index contributed by atoms with van der Waals surface area (Å²) >= 11 is 0. The van der Waals surface area contributed by atoms with Crippen LogP contribution in [0.15, 0.2) is 0 Å². The van der Waals surface area contributed by atoms with Gasteiger partial charge in [-0.25, -0.2) is 13.1 Å². The van der Waals surface area contributed by atoms with Gasteiger partial charge >= 0.3 is 0 Å². The van der Waals surface area contributed by atoms with E-state index in [1.165, 1.54) is 0 Å². The first-order chi connectivity index (χ1) is 6.93. The molecule has 0 bridgehead atoms. The van der Waals surface area contributed by atoms with Crippen molar-refractivity contribution in [3.63, 3.8) is 0 Å². The van der Waals surface area contributed by atoms with Crippen LogP contribution in [0, 0.1) is 11.8 Å². The summed E-state index contributed by atoms with van der Waals surface area (Å²) in [4.78, 5) is 0. The van der Waals surface area contributed by atoms with Crippen LogP contribution in [0.25, 0.3) is 0 Å². The lowest BCUT2D eigenvalue weighted by molar-refractivity contribution is 0.421. The van der Waals surface area contributed by atoms with E-state index in [4.69, 9.17) is 0 Å². The molecule has 0 saturated carbocycles. The van der Waals surface area contributed by atoms with Gasteiger partial charge in [0, 0.05) is 6.54 Å². The van der Waals surface area contributed by atoms with E-state index in [9.17, 15) is 8.42 Å². The molecular formula is C10H22N2O2S. The third kappa shape index (κ3) is 3.74. The first-order valence-corrected chi connectivity index (χ1v) is 7.17. The summed E-state index contributed by atoms with van der Waals surface area (Å²) in [6.07, 6.45) is 0.931. The van der Waals surface area contributed by atoms with Crippen molar-refractivity contribution >= 4 is 10.0 Å². The summed E-state index contributed by atoms with van der Waals surface area (Å²) in [5, 5.41) is 2.98. The second-order valence-corrected chi connectivity index (χ2v) is 6.99.